The molecule has 0 bridgehead atoms. The molecule has 1 aromatic heterocycles. The first-order valence-corrected chi connectivity index (χ1v) is 19.7. The lowest BCUT2D eigenvalue weighted by Gasteiger charge is -2.34. The summed E-state index contributed by atoms with van der Waals surface area (Å²) in [5.41, 5.74) is 16.3. The van der Waals surface area contributed by atoms with Gasteiger partial charge >= 0.3 is 0 Å². The number of thiophene rings is 1. The Kier molecular flexibility index (Phi) is 6.75. The van der Waals surface area contributed by atoms with Crippen molar-refractivity contribution in [2.45, 2.75) is 24.7 Å². The summed E-state index contributed by atoms with van der Waals surface area (Å²) in [5.74, 6) is 0. The minimum absolute atomic E-state index is 0.0948. The van der Waals surface area contributed by atoms with Gasteiger partial charge in [-0.25, -0.2) is 0 Å². The van der Waals surface area contributed by atoms with Crippen molar-refractivity contribution in [3.05, 3.63) is 221 Å². The first kappa shape index (κ1) is 31.3. The highest BCUT2D eigenvalue weighted by molar-refractivity contribution is 7.26. The molecule has 1 nitrogen and oxygen atoms in total. The van der Waals surface area contributed by atoms with Crippen molar-refractivity contribution in [1.29, 1.82) is 0 Å². The second-order valence-electron chi connectivity index (χ2n) is 15.2. The van der Waals surface area contributed by atoms with Crippen LogP contribution in [0.5, 0.6) is 0 Å². The third kappa shape index (κ3) is 4.15. The van der Waals surface area contributed by atoms with E-state index in [9.17, 15) is 0 Å². The zero-order valence-electron chi connectivity index (χ0n) is 30.3. The lowest BCUT2D eigenvalue weighted by molar-refractivity contribution is 0.660. The molecular formula is C52H37NS. The number of anilines is 3. The quantitative estimate of drug-likeness (QED) is 0.172. The van der Waals surface area contributed by atoms with Crippen LogP contribution >= 0.6 is 11.3 Å². The van der Waals surface area contributed by atoms with Gasteiger partial charge in [-0.2, -0.15) is 0 Å². The van der Waals surface area contributed by atoms with Crippen LogP contribution in [0.25, 0.3) is 42.4 Å². The predicted molar refractivity (Wildman–Crippen MR) is 229 cm³/mol. The minimum atomic E-state index is -0.469. The number of para-hydroxylation sites is 1. The summed E-state index contributed by atoms with van der Waals surface area (Å²) in [6.07, 6.45) is 0. The van der Waals surface area contributed by atoms with E-state index in [0.29, 0.717) is 0 Å². The molecule has 9 aromatic rings. The Morgan fingerprint density at radius 1 is 0.389 bits per heavy atom. The van der Waals surface area contributed by atoms with Crippen molar-refractivity contribution in [2.24, 2.45) is 0 Å². The summed E-state index contributed by atoms with van der Waals surface area (Å²) in [4.78, 5) is 2.52. The van der Waals surface area contributed by atoms with E-state index in [2.05, 4.69) is 207 Å². The van der Waals surface area contributed by atoms with Crippen molar-refractivity contribution in [3.63, 3.8) is 0 Å². The number of nitrogens with zero attached hydrogens (tertiary/aromatic N) is 1. The van der Waals surface area contributed by atoms with E-state index in [1.54, 1.807) is 0 Å². The summed E-state index contributed by atoms with van der Waals surface area (Å²) < 4.78 is 2.61. The summed E-state index contributed by atoms with van der Waals surface area (Å²) in [6, 6.07) is 70.0. The predicted octanol–water partition coefficient (Wildman–Crippen LogP) is 14.2. The third-order valence-corrected chi connectivity index (χ3v) is 13.4. The molecule has 0 unspecified atom stereocenters. The Morgan fingerprint density at radius 3 is 1.59 bits per heavy atom. The molecule has 0 aliphatic heterocycles. The van der Waals surface area contributed by atoms with Crippen LogP contribution in [0, 0.1) is 0 Å². The summed E-state index contributed by atoms with van der Waals surface area (Å²) in [7, 11) is 0. The van der Waals surface area contributed by atoms with Gasteiger partial charge < -0.3 is 4.90 Å². The van der Waals surface area contributed by atoms with Crippen molar-refractivity contribution in [2.75, 3.05) is 4.90 Å². The number of rotatable bonds is 5. The maximum absolute atomic E-state index is 2.52. The third-order valence-electron chi connectivity index (χ3n) is 12.1. The molecule has 54 heavy (non-hydrogen) atoms. The van der Waals surface area contributed by atoms with Crippen molar-refractivity contribution >= 4 is 48.6 Å². The van der Waals surface area contributed by atoms with Gasteiger partial charge in [-0.15, -0.1) is 11.3 Å². The molecule has 2 aliphatic rings. The molecule has 0 radical (unpaired) electrons. The molecular weight excluding hydrogens is 671 g/mol. The summed E-state index contributed by atoms with van der Waals surface area (Å²) in [5, 5.41) is 2.58. The van der Waals surface area contributed by atoms with Crippen LogP contribution in [-0.2, 0) is 10.8 Å². The molecule has 1 heterocycles. The van der Waals surface area contributed by atoms with E-state index in [1.807, 2.05) is 11.3 Å². The van der Waals surface area contributed by atoms with Crippen molar-refractivity contribution in [3.8, 4) is 22.3 Å². The number of benzene rings is 8. The molecule has 256 valence electrons. The molecule has 2 aliphatic carbocycles. The topological polar surface area (TPSA) is 3.24 Å². The van der Waals surface area contributed by atoms with E-state index in [1.165, 1.54) is 87.2 Å². The first-order chi connectivity index (χ1) is 26.6. The highest BCUT2D eigenvalue weighted by atomic mass is 32.1. The van der Waals surface area contributed by atoms with Gasteiger partial charge in [-0.05, 0) is 74.3 Å². The summed E-state index contributed by atoms with van der Waals surface area (Å²) >= 11 is 1.94. The Hall–Kier alpha value is -6.22. The molecule has 0 spiro atoms. The maximum Gasteiger partial charge on any atom is 0.0727 e. The SMILES string of the molecule is CC1(C)c2ccccc2-c2c(N(c3ccccc3)c3cccc4c3sc3c(C5(c6ccccc6)c6ccccc6-c6ccccc65)cccc34)cccc21. The Morgan fingerprint density at radius 2 is 0.889 bits per heavy atom. The van der Waals surface area contributed by atoms with Crippen LogP contribution < -0.4 is 4.90 Å². The zero-order valence-corrected chi connectivity index (χ0v) is 31.1. The van der Waals surface area contributed by atoms with Crippen LogP contribution in [0.2, 0.25) is 0 Å². The number of hydrogen-bond donors (Lipinski definition) is 0. The van der Waals surface area contributed by atoms with Gasteiger partial charge in [-0.3, -0.25) is 0 Å². The largest absolute Gasteiger partial charge is 0.308 e. The van der Waals surface area contributed by atoms with Gasteiger partial charge in [0.25, 0.3) is 0 Å². The van der Waals surface area contributed by atoms with E-state index in [4.69, 9.17) is 0 Å². The molecule has 2 heteroatoms. The number of fused-ring (bicyclic) bond motifs is 9. The van der Waals surface area contributed by atoms with Crippen LogP contribution in [0.4, 0.5) is 17.1 Å². The fourth-order valence-electron chi connectivity index (χ4n) is 9.86. The average Bonchev–Trinajstić information content (AvgIpc) is 3.84. The van der Waals surface area contributed by atoms with Crippen molar-refractivity contribution in [1.82, 2.24) is 0 Å². The molecule has 0 N–H and O–H groups in total. The molecule has 0 atom stereocenters. The van der Waals surface area contributed by atoms with Gasteiger partial charge in [0, 0.05) is 32.1 Å². The fraction of sp³-hybridized carbons (Fsp3) is 0.0769. The second-order valence-corrected chi connectivity index (χ2v) is 16.2. The Labute approximate surface area is 320 Å². The Balaban J connectivity index is 1.22. The fourth-order valence-corrected chi connectivity index (χ4v) is 11.2. The van der Waals surface area contributed by atoms with Gasteiger partial charge in [0.05, 0.1) is 21.5 Å². The monoisotopic (exact) mass is 707 g/mol. The second kappa shape index (κ2) is 11.6. The maximum atomic E-state index is 2.52. The van der Waals surface area contributed by atoms with Crippen LogP contribution in [0.1, 0.15) is 47.2 Å². The van der Waals surface area contributed by atoms with E-state index in [0.717, 1.165) is 5.69 Å². The normalized spacial score (nSPS) is 14.4. The van der Waals surface area contributed by atoms with Crippen LogP contribution in [0.15, 0.2) is 188 Å². The van der Waals surface area contributed by atoms with Gasteiger partial charge in [0.2, 0.25) is 0 Å². The molecule has 0 saturated carbocycles. The first-order valence-electron chi connectivity index (χ1n) is 18.9. The molecule has 11 rings (SSSR count). The highest BCUT2D eigenvalue weighted by Gasteiger charge is 2.47. The van der Waals surface area contributed by atoms with Crippen molar-refractivity contribution < 1.29 is 0 Å². The van der Waals surface area contributed by atoms with E-state index in [-0.39, 0.29) is 5.41 Å². The highest BCUT2D eigenvalue weighted by Crippen LogP contribution is 2.59. The lowest BCUT2D eigenvalue weighted by atomic mass is 9.67. The standard InChI is InChI=1S/C52H37NS/c1-51(2)41-27-12-11-24-40(41)48-44(51)30-17-32-46(48)53(35-20-7-4-8-21-35)47-33-16-26-39-38-25-15-31-45(49(38)54-50(39)47)52(34-18-5-3-6-19-34)42-28-13-9-22-36(42)37-23-10-14-29-43(37)52/h3-33H,1-2H3. The molecule has 0 amide bonds. The molecule has 0 saturated heterocycles. The van der Waals surface area contributed by atoms with Crippen LogP contribution in [0.3, 0.4) is 0 Å². The minimum Gasteiger partial charge on any atom is -0.308 e. The average molecular weight is 708 g/mol. The van der Waals surface area contributed by atoms with Gasteiger partial charge in [0.1, 0.15) is 0 Å². The lowest BCUT2D eigenvalue weighted by Crippen LogP contribution is -2.28. The van der Waals surface area contributed by atoms with E-state index < -0.39 is 5.41 Å². The van der Waals surface area contributed by atoms with Crippen LogP contribution in [-0.4, -0.2) is 0 Å². The Bertz CT molecular complexity index is 2870. The molecule has 8 aromatic carbocycles. The molecule has 0 fully saturated rings. The smallest absolute Gasteiger partial charge is 0.0727 e. The van der Waals surface area contributed by atoms with Gasteiger partial charge in [-0.1, -0.05) is 178 Å². The summed E-state index contributed by atoms with van der Waals surface area (Å²) in [6.45, 7) is 4.73. The zero-order chi connectivity index (χ0) is 36.0. The van der Waals surface area contributed by atoms with Gasteiger partial charge in [0.15, 0.2) is 0 Å². The van der Waals surface area contributed by atoms with E-state index >= 15 is 0 Å². The number of hydrogen-bond acceptors (Lipinski definition) is 2.